The molecule has 2 rings (SSSR count). The molecule has 1 aromatic rings. The van der Waals surface area contributed by atoms with Crippen molar-refractivity contribution in [2.45, 2.75) is 12.5 Å². The zero-order valence-corrected chi connectivity index (χ0v) is 7.68. The summed E-state index contributed by atoms with van der Waals surface area (Å²) in [7, 11) is 2.10. The van der Waals surface area contributed by atoms with Crippen LogP contribution >= 0.6 is 0 Å². The normalized spacial score (nSPS) is 23.3. The summed E-state index contributed by atoms with van der Waals surface area (Å²) in [4.78, 5) is 10.1. The molecule has 0 unspecified atom stereocenters. The summed E-state index contributed by atoms with van der Waals surface area (Å²) < 4.78 is 5.68. The van der Waals surface area contributed by atoms with Gasteiger partial charge >= 0.3 is 0 Å². The molecule has 13 heavy (non-hydrogen) atoms. The summed E-state index contributed by atoms with van der Waals surface area (Å²) >= 11 is 0. The molecule has 0 amide bonds. The first-order valence-corrected chi connectivity index (χ1v) is 4.45. The predicted molar refractivity (Wildman–Crippen MR) is 48.6 cm³/mol. The third-order valence-electron chi connectivity index (χ3n) is 2.19. The van der Waals surface area contributed by atoms with Gasteiger partial charge in [-0.15, -0.1) is 0 Å². The highest BCUT2D eigenvalue weighted by Gasteiger charge is 2.20. The van der Waals surface area contributed by atoms with E-state index in [0.29, 0.717) is 6.10 Å². The minimum absolute atomic E-state index is 0.302. The lowest BCUT2D eigenvalue weighted by Gasteiger charge is -2.12. The Hall–Kier alpha value is -1.16. The van der Waals surface area contributed by atoms with Crippen LogP contribution in [0.3, 0.4) is 0 Å². The summed E-state index contributed by atoms with van der Waals surface area (Å²) in [6.07, 6.45) is 6.30. The average Bonchev–Trinajstić information content (AvgIpc) is 2.53. The Morgan fingerprint density at radius 2 is 2.23 bits per heavy atom. The molecular weight excluding hydrogens is 166 g/mol. The first-order valence-electron chi connectivity index (χ1n) is 4.45. The van der Waals surface area contributed by atoms with Gasteiger partial charge in [-0.2, -0.15) is 0 Å². The van der Waals surface area contributed by atoms with Gasteiger partial charge in [0, 0.05) is 13.1 Å². The molecule has 1 aromatic heterocycles. The van der Waals surface area contributed by atoms with Crippen molar-refractivity contribution in [3.05, 3.63) is 18.7 Å². The second kappa shape index (κ2) is 3.70. The number of likely N-dealkylation sites (tertiary alicyclic amines) is 1. The average molecular weight is 179 g/mol. The van der Waals surface area contributed by atoms with Gasteiger partial charge in [-0.05, 0) is 13.5 Å². The van der Waals surface area contributed by atoms with Crippen LogP contribution in [0.25, 0.3) is 0 Å². The number of hydrogen-bond acceptors (Lipinski definition) is 4. The van der Waals surface area contributed by atoms with Crippen LogP contribution < -0.4 is 4.74 Å². The molecule has 0 radical (unpaired) electrons. The molecule has 1 fully saturated rings. The highest BCUT2D eigenvalue weighted by atomic mass is 16.5. The van der Waals surface area contributed by atoms with Gasteiger partial charge in [0.1, 0.15) is 12.4 Å². The van der Waals surface area contributed by atoms with E-state index in [1.165, 1.54) is 6.33 Å². The first kappa shape index (κ1) is 8.44. The van der Waals surface area contributed by atoms with Gasteiger partial charge in [0.2, 0.25) is 0 Å². The molecule has 1 aliphatic rings. The smallest absolute Gasteiger partial charge is 0.156 e. The number of nitrogens with zero attached hydrogens (tertiary/aromatic N) is 3. The van der Waals surface area contributed by atoms with Gasteiger partial charge in [-0.25, -0.2) is 9.97 Å². The zero-order valence-electron chi connectivity index (χ0n) is 7.68. The van der Waals surface area contributed by atoms with Gasteiger partial charge in [-0.3, -0.25) is 0 Å². The molecular formula is C9H13N3O. The third-order valence-corrected chi connectivity index (χ3v) is 2.19. The summed E-state index contributed by atoms with van der Waals surface area (Å²) in [5, 5.41) is 0. The minimum Gasteiger partial charge on any atom is -0.486 e. The standard InChI is InChI=1S/C9H13N3O/c1-12-3-2-8(6-12)13-9-4-10-7-11-5-9/h4-5,7-8H,2-3,6H2,1H3/t8-/m1/s1. The Kier molecular flexibility index (Phi) is 2.40. The SMILES string of the molecule is CN1CC[C@@H](Oc2cncnc2)C1. The Bertz CT molecular complexity index is 265. The van der Waals surface area contributed by atoms with Crippen molar-refractivity contribution in [3.63, 3.8) is 0 Å². The maximum atomic E-state index is 5.68. The fraction of sp³-hybridized carbons (Fsp3) is 0.556. The topological polar surface area (TPSA) is 38.2 Å². The second-order valence-electron chi connectivity index (χ2n) is 3.36. The molecule has 2 heterocycles. The first-order chi connectivity index (χ1) is 6.34. The molecule has 4 heteroatoms. The van der Waals surface area contributed by atoms with Crippen molar-refractivity contribution < 1.29 is 4.74 Å². The summed E-state index contributed by atoms with van der Waals surface area (Å²) in [5.74, 6) is 0.766. The van der Waals surface area contributed by atoms with E-state index < -0.39 is 0 Å². The van der Waals surface area contributed by atoms with E-state index in [2.05, 4.69) is 21.9 Å². The molecule has 4 nitrogen and oxygen atoms in total. The summed E-state index contributed by atoms with van der Waals surface area (Å²) in [6, 6.07) is 0. The van der Waals surface area contributed by atoms with E-state index in [1.807, 2.05) is 0 Å². The van der Waals surface area contributed by atoms with E-state index in [-0.39, 0.29) is 0 Å². The van der Waals surface area contributed by atoms with Crippen molar-refractivity contribution in [1.29, 1.82) is 0 Å². The molecule has 0 saturated carbocycles. The van der Waals surface area contributed by atoms with Gasteiger partial charge in [0.25, 0.3) is 0 Å². The van der Waals surface area contributed by atoms with Crippen LogP contribution in [0.2, 0.25) is 0 Å². The van der Waals surface area contributed by atoms with E-state index in [9.17, 15) is 0 Å². The van der Waals surface area contributed by atoms with Crippen LogP contribution in [0.1, 0.15) is 6.42 Å². The van der Waals surface area contributed by atoms with E-state index >= 15 is 0 Å². The maximum absolute atomic E-state index is 5.68. The van der Waals surface area contributed by atoms with Gasteiger partial charge < -0.3 is 9.64 Å². The lowest BCUT2D eigenvalue weighted by Crippen LogP contribution is -2.21. The van der Waals surface area contributed by atoms with E-state index in [0.717, 1.165) is 25.3 Å². The van der Waals surface area contributed by atoms with Crippen molar-refractivity contribution in [3.8, 4) is 5.75 Å². The lowest BCUT2D eigenvalue weighted by molar-refractivity contribution is 0.206. The molecule has 0 spiro atoms. The number of ether oxygens (including phenoxy) is 1. The Morgan fingerprint density at radius 1 is 1.46 bits per heavy atom. The van der Waals surface area contributed by atoms with Gasteiger partial charge in [0.15, 0.2) is 5.75 Å². The maximum Gasteiger partial charge on any atom is 0.156 e. The minimum atomic E-state index is 0.302. The van der Waals surface area contributed by atoms with E-state index in [4.69, 9.17) is 4.74 Å². The molecule has 0 bridgehead atoms. The van der Waals surface area contributed by atoms with Crippen LogP contribution in [-0.2, 0) is 0 Å². The monoisotopic (exact) mass is 179 g/mol. The second-order valence-corrected chi connectivity index (χ2v) is 3.36. The quantitative estimate of drug-likeness (QED) is 0.665. The molecule has 1 aliphatic heterocycles. The molecule has 1 atom stereocenters. The van der Waals surface area contributed by atoms with Crippen LogP contribution in [0.15, 0.2) is 18.7 Å². The molecule has 70 valence electrons. The van der Waals surface area contributed by atoms with Crippen LogP contribution in [0, 0.1) is 0 Å². The number of rotatable bonds is 2. The summed E-state index contributed by atoms with van der Waals surface area (Å²) in [5.41, 5.74) is 0. The van der Waals surface area contributed by atoms with Crippen LogP contribution in [0.5, 0.6) is 5.75 Å². The number of hydrogen-bond donors (Lipinski definition) is 0. The van der Waals surface area contributed by atoms with E-state index in [1.54, 1.807) is 12.4 Å². The Balaban J connectivity index is 1.92. The molecule has 0 aromatic carbocycles. The fourth-order valence-electron chi connectivity index (χ4n) is 1.53. The van der Waals surface area contributed by atoms with Crippen molar-refractivity contribution in [2.75, 3.05) is 20.1 Å². The summed E-state index contributed by atoms with van der Waals surface area (Å²) in [6.45, 7) is 2.10. The molecule has 0 N–H and O–H groups in total. The molecule has 0 aliphatic carbocycles. The van der Waals surface area contributed by atoms with Crippen LogP contribution in [0.4, 0.5) is 0 Å². The highest BCUT2D eigenvalue weighted by molar-refractivity contribution is 5.10. The predicted octanol–water partition coefficient (Wildman–Crippen LogP) is 0.560. The number of aromatic nitrogens is 2. The van der Waals surface area contributed by atoms with Crippen molar-refractivity contribution in [1.82, 2.24) is 14.9 Å². The van der Waals surface area contributed by atoms with Crippen LogP contribution in [-0.4, -0.2) is 41.1 Å². The van der Waals surface area contributed by atoms with Crippen molar-refractivity contribution >= 4 is 0 Å². The van der Waals surface area contributed by atoms with Crippen molar-refractivity contribution in [2.24, 2.45) is 0 Å². The Labute approximate surface area is 77.6 Å². The fourth-order valence-corrected chi connectivity index (χ4v) is 1.53. The third kappa shape index (κ3) is 2.15. The highest BCUT2D eigenvalue weighted by Crippen LogP contribution is 2.14. The zero-order chi connectivity index (χ0) is 9.10. The Morgan fingerprint density at radius 3 is 2.85 bits per heavy atom. The molecule has 1 saturated heterocycles. The number of likely N-dealkylation sites (N-methyl/N-ethyl adjacent to an activating group) is 1. The largest absolute Gasteiger partial charge is 0.486 e. The lowest BCUT2D eigenvalue weighted by atomic mass is 10.3. The van der Waals surface area contributed by atoms with Gasteiger partial charge in [0.05, 0.1) is 12.4 Å². The van der Waals surface area contributed by atoms with Gasteiger partial charge in [-0.1, -0.05) is 0 Å².